The molecule has 0 bridgehead atoms. The zero-order valence-electron chi connectivity index (χ0n) is 11.7. The maximum atomic E-state index is 13.7. The van der Waals surface area contributed by atoms with E-state index in [1.165, 1.54) is 23.7 Å². The molecule has 1 aromatic heterocycles. The first-order chi connectivity index (χ1) is 10.6. The van der Waals surface area contributed by atoms with Gasteiger partial charge in [0.25, 0.3) is 5.91 Å². The van der Waals surface area contributed by atoms with Crippen LogP contribution in [-0.4, -0.2) is 51.5 Å². The van der Waals surface area contributed by atoms with Gasteiger partial charge in [-0.05, 0) is 12.1 Å². The Morgan fingerprint density at radius 1 is 1.27 bits per heavy atom. The van der Waals surface area contributed by atoms with Crippen molar-refractivity contribution in [3.63, 3.8) is 0 Å². The van der Waals surface area contributed by atoms with Gasteiger partial charge in [-0.2, -0.15) is 0 Å². The molecule has 2 heterocycles. The standard InChI is InChI=1S/C14H14ClFN4OS/c15-13-12(17-18-22-13)9-19-5-7-20(8-6-19)14(21)10-3-1-2-4-11(10)16/h1-4H,5-9H2. The minimum absolute atomic E-state index is 0.127. The maximum Gasteiger partial charge on any atom is 0.256 e. The Balaban J connectivity index is 1.59. The van der Waals surface area contributed by atoms with Crippen LogP contribution in [0, 0.1) is 5.82 Å². The van der Waals surface area contributed by atoms with E-state index in [1.807, 2.05) is 0 Å². The van der Waals surface area contributed by atoms with E-state index < -0.39 is 5.82 Å². The molecule has 0 saturated carbocycles. The number of hydrogen-bond donors (Lipinski definition) is 0. The molecule has 1 aliphatic heterocycles. The second kappa shape index (κ2) is 6.68. The SMILES string of the molecule is O=C(c1ccccc1F)N1CCN(Cc2nnsc2Cl)CC1. The molecule has 0 radical (unpaired) electrons. The van der Waals surface area contributed by atoms with Crippen LogP contribution in [-0.2, 0) is 6.54 Å². The summed E-state index contributed by atoms with van der Waals surface area (Å²) in [4.78, 5) is 16.2. The fourth-order valence-electron chi connectivity index (χ4n) is 2.42. The molecule has 1 fully saturated rings. The Hall–Kier alpha value is -1.57. The molecule has 116 valence electrons. The van der Waals surface area contributed by atoms with Crippen LogP contribution >= 0.6 is 23.1 Å². The molecule has 1 aliphatic rings. The molecule has 0 aliphatic carbocycles. The Kier molecular flexibility index (Phi) is 4.66. The summed E-state index contributed by atoms with van der Waals surface area (Å²) in [5.41, 5.74) is 0.892. The molecule has 3 rings (SSSR count). The van der Waals surface area contributed by atoms with Crippen LogP contribution in [0.25, 0.3) is 0 Å². The number of amides is 1. The smallest absolute Gasteiger partial charge is 0.256 e. The van der Waals surface area contributed by atoms with Crippen LogP contribution in [0.5, 0.6) is 0 Å². The molecular formula is C14H14ClFN4OS. The maximum absolute atomic E-state index is 13.7. The molecule has 5 nitrogen and oxygen atoms in total. The van der Waals surface area contributed by atoms with Crippen molar-refractivity contribution in [2.75, 3.05) is 26.2 Å². The number of carbonyl (C=O) groups is 1. The number of rotatable bonds is 3. The predicted molar refractivity (Wildman–Crippen MR) is 82.5 cm³/mol. The lowest BCUT2D eigenvalue weighted by Crippen LogP contribution is -2.48. The highest BCUT2D eigenvalue weighted by atomic mass is 35.5. The Morgan fingerprint density at radius 2 is 2.00 bits per heavy atom. The molecule has 22 heavy (non-hydrogen) atoms. The summed E-state index contributed by atoms with van der Waals surface area (Å²) >= 11 is 7.17. The summed E-state index contributed by atoms with van der Waals surface area (Å²) in [6.07, 6.45) is 0. The second-order valence-corrected chi connectivity index (χ2v) is 6.40. The van der Waals surface area contributed by atoms with Crippen LogP contribution in [0.2, 0.25) is 4.34 Å². The van der Waals surface area contributed by atoms with E-state index in [4.69, 9.17) is 11.6 Å². The molecule has 8 heteroatoms. The van der Waals surface area contributed by atoms with Gasteiger partial charge in [0, 0.05) is 44.3 Å². The first-order valence-corrected chi connectivity index (χ1v) is 8.03. The van der Waals surface area contributed by atoms with Gasteiger partial charge in [0.1, 0.15) is 15.8 Å². The van der Waals surface area contributed by atoms with Crippen LogP contribution in [0.15, 0.2) is 24.3 Å². The fraction of sp³-hybridized carbons (Fsp3) is 0.357. The lowest BCUT2D eigenvalue weighted by molar-refractivity contribution is 0.0622. The van der Waals surface area contributed by atoms with Gasteiger partial charge in [-0.25, -0.2) is 4.39 Å². The monoisotopic (exact) mass is 340 g/mol. The van der Waals surface area contributed by atoms with Crippen molar-refractivity contribution >= 4 is 29.0 Å². The Morgan fingerprint density at radius 3 is 2.64 bits per heavy atom. The average molecular weight is 341 g/mol. The van der Waals surface area contributed by atoms with E-state index in [0.29, 0.717) is 37.1 Å². The average Bonchev–Trinajstić information content (AvgIpc) is 2.93. The largest absolute Gasteiger partial charge is 0.336 e. The number of aromatic nitrogens is 2. The van der Waals surface area contributed by atoms with Gasteiger partial charge >= 0.3 is 0 Å². The highest BCUT2D eigenvalue weighted by molar-refractivity contribution is 7.10. The number of benzene rings is 1. The molecule has 0 unspecified atom stereocenters. The first kappa shape index (κ1) is 15.3. The van der Waals surface area contributed by atoms with Gasteiger partial charge in [0.15, 0.2) is 0 Å². The van der Waals surface area contributed by atoms with Crippen molar-refractivity contribution in [2.45, 2.75) is 6.54 Å². The van der Waals surface area contributed by atoms with Crippen LogP contribution in [0.4, 0.5) is 4.39 Å². The molecule has 0 N–H and O–H groups in total. The van der Waals surface area contributed by atoms with E-state index in [-0.39, 0.29) is 11.5 Å². The molecule has 0 spiro atoms. The van der Waals surface area contributed by atoms with Crippen molar-refractivity contribution in [1.82, 2.24) is 19.4 Å². The third kappa shape index (κ3) is 3.26. The molecule has 1 aromatic carbocycles. The predicted octanol–water partition coefficient (Wildman–Crippen LogP) is 2.29. The van der Waals surface area contributed by atoms with Crippen molar-refractivity contribution in [1.29, 1.82) is 0 Å². The van der Waals surface area contributed by atoms with Crippen LogP contribution in [0.3, 0.4) is 0 Å². The van der Waals surface area contributed by atoms with E-state index in [1.54, 1.807) is 17.0 Å². The minimum atomic E-state index is -0.477. The molecule has 1 amide bonds. The summed E-state index contributed by atoms with van der Waals surface area (Å²) in [5, 5.41) is 3.99. The normalized spacial score (nSPS) is 16.0. The molecular weight excluding hydrogens is 327 g/mol. The number of carbonyl (C=O) groups excluding carboxylic acids is 1. The van der Waals surface area contributed by atoms with Gasteiger partial charge in [-0.1, -0.05) is 28.2 Å². The third-order valence-electron chi connectivity index (χ3n) is 3.65. The molecule has 2 aromatic rings. The lowest BCUT2D eigenvalue weighted by Gasteiger charge is -2.34. The summed E-state index contributed by atoms with van der Waals surface area (Å²) in [6, 6.07) is 6.07. The van der Waals surface area contributed by atoms with E-state index in [0.717, 1.165) is 5.69 Å². The Labute approximate surface area is 136 Å². The van der Waals surface area contributed by atoms with Gasteiger partial charge in [0.05, 0.1) is 5.56 Å². The quantitative estimate of drug-likeness (QED) is 0.860. The summed E-state index contributed by atoms with van der Waals surface area (Å²) in [6.45, 7) is 3.14. The summed E-state index contributed by atoms with van der Waals surface area (Å²) in [7, 11) is 0. The number of halogens is 2. The third-order valence-corrected chi connectivity index (χ3v) is 4.63. The molecule has 1 saturated heterocycles. The zero-order valence-corrected chi connectivity index (χ0v) is 13.3. The fourth-order valence-corrected chi connectivity index (χ4v) is 3.03. The minimum Gasteiger partial charge on any atom is -0.336 e. The van der Waals surface area contributed by atoms with E-state index in [9.17, 15) is 9.18 Å². The number of piperazine rings is 1. The zero-order chi connectivity index (χ0) is 15.5. The topological polar surface area (TPSA) is 49.3 Å². The number of nitrogens with zero attached hydrogens (tertiary/aromatic N) is 4. The lowest BCUT2D eigenvalue weighted by atomic mass is 10.1. The van der Waals surface area contributed by atoms with E-state index >= 15 is 0 Å². The van der Waals surface area contributed by atoms with Crippen LogP contribution < -0.4 is 0 Å². The van der Waals surface area contributed by atoms with Crippen molar-refractivity contribution in [3.8, 4) is 0 Å². The highest BCUT2D eigenvalue weighted by Gasteiger charge is 2.24. The first-order valence-electron chi connectivity index (χ1n) is 6.88. The summed E-state index contributed by atoms with van der Waals surface area (Å²) in [5.74, 6) is -0.735. The Bertz CT molecular complexity index is 672. The second-order valence-electron chi connectivity index (χ2n) is 5.04. The van der Waals surface area contributed by atoms with Gasteiger partial charge < -0.3 is 4.90 Å². The van der Waals surface area contributed by atoms with Crippen molar-refractivity contribution < 1.29 is 9.18 Å². The summed E-state index contributed by atoms with van der Waals surface area (Å²) < 4.78 is 18.1. The highest BCUT2D eigenvalue weighted by Crippen LogP contribution is 2.20. The number of hydrogen-bond acceptors (Lipinski definition) is 5. The van der Waals surface area contributed by atoms with Crippen molar-refractivity contribution in [2.24, 2.45) is 0 Å². The van der Waals surface area contributed by atoms with Crippen LogP contribution in [0.1, 0.15) is 16.1 Å². The van der Waals surface area contributed by atoms with Gasteiger partial charge in [-0.3, -0.25) is 9.69 Å². The van der Waals surface area contributed by atoms with Crippen molar-refractivity contribution in [3.05, 3.63) is 45.7 Å². The van der Waals surface area contributed by atoms with Gasteiger partial charge in [0.2, 0.25) is 0 Å². The molecule has 0 atom stereocenters. The van der Waals surface area contributed by atoms with Gasteiger partial charge in [-0.15, -0.1) is 5.10 Å². The van der Waals surface area contributed by atoms with E-state index in [2.05, 4.69) is 14.5 Å².